The zero-order valence-electron chi connectivity index (χ0n) is 58.2. The topological polar surface area (TPSA) is 74.6 Å². The van der Waals surface area contributed by atoms with Gasteiger partial charge in [0.05, 0.1) is 42.7 Å². The average Bonchev–Trinajstić information content (AvgIpc) is 1.55. The lowest BCUT2D eigenvalue weighted by atomic mass is 9.89. The summed E-state index contributed by atoms with van der Waals surface area (Å²) in [5, 5.41) is 29.5. The van der Waals surface area contributed by atoms with Crippen LogP contribution in [-0.2, 0) is 0 Å². The molecule has 0 aliphatic heterocycles. The molecule has 9 heteroatoms. The van der Waals surface area contributed by atoms with E-state index >= 15 is 0 Å². The highest BCUT2D eigenvalue weighted by atomic mass is 32.1. The zero-order valence-corrected chi connectivity index (χ0v) is 59.9. The normalized spacial score (nSPS) is 12.2. The van der Waals surface area contributed by atoms with Gasteiger partial charge in [0.2, 0.25) is 11.9 Å². The van der Waals surface area contributed by atoms with E-state index in [0.29, 0.717) is 17.5 Å². The summed E-state index contributed by atoms with van der Waals surface area (Å²) >= 11 is 3.73. The van der Waals surface area contributed by atoms with Crippen molar-refractivity contribution in [3.8, 4) is 45.5 Å². The smallest absolute Gasteiger partial charge is 0.236 e. The van der Waals surface area contributed by atoms with Crippen molar-refractivity contribution in [1.29, 1.82) is 0 Å². The highest BCUT2D eigenvalue weighted by molar-refractivity contribution is 7.27. The molecule has 0 aliphatic rings. The molecule has 0 N–H and O–H groups in total. The summed E-state index contributed by atoms with van der Waals surface area (Å²) in [6.07, 6.45) is 0. The summed E-state index contributed by atoms with van der Waals surface area (Å²) in [6.45, 7) is 0. The van der Waals surface area contributed by atoms with E-state index in [0.717, 1.165) is 88.3 Å². The van der Waals surface area contributed by atoms with E-state index < -0.39 is 0 Å². The molecule has 7 nitrogen and oxygen atoms in total. The van der Waals surface area contributed by atoms with Crippen LogP contribution in [0.15, 0.2) is 344 Å². The van der Waals surface area contributed by atoms with E-state index in [2.05, 4.69) is 331 Å². The van der Waals surface area contributed by atoms with Crippen molar-refractivity contribution in [2.75, 3.05) is 0 Å². The number of hydrogen-bond acceptors (Lipinski definition) is 7. The first-order valence-corrected chi connectivity index (χ1v) is 38.6. The fourth-order valence-corrected chi connectivity index (χ4v) is 20.7. The molecule has 18 aromatic carbocycles. The van der Waals surface area contributed by atoms with E-state index in [1.807, 2.05) is 40.9 Å². The summed E-state index contributed by atoms with van der Waals surface area (Å²) in [6, 6.07) is 122. The summed E-state index contributed by atoms with van der Waals surface area (Å²) in [5.74, 6) is 1.29. The Balaban J connectivity index is 0.000000128. The highest BCUT2D eigenvalue weighted by Crippen LogP contribution is 2.55. The van der Waals surface area contributed by atoms with Crippen molar-refractivity contribution in [1.82, 2.24) is 29.1 Å². The Kier molecular flexibility index (Phi) is 12.9. The largest absolute Gasteiger partial charge is 0.452 e. The number of para-hydroxylation sites is 3. The van der Waals surface area contributed by atoms with Gasteiger partial charge in [-0.05, 0) is 102 Å². The Hall–Kier alpha value is -14.0. The van der Waals surface area contributed by atoms with Crippen LogP contribution in [0.5, 0.6) is 0 Å². The second-order valence-corrected chi connectivity index (χ2v) is 30.6. The van der Waals surface area contributed by atoms with E-state index in [9.17, 15) is 0 Å². The number of benzene rings is 18. The predicted octanol–water partition coefficient (Wildman–Crippen LogP) is 28.0. The van der Waals surface area contributed by atoms with Gasteiger partial charge in [0.15, 0.2) is 5.58 Å². The first-order valence-electron chi connectivity index (χ1n) is 36.9. The Morgan fingerprint density at radius 1 is 0.229 bits per heavy atom. The second kappa shape index (κ2) is 23.3. The third-order valence-electron chi connectivity index (χ3n) is 22.7. The molecule has 109 heavy (non-hydrogen) atoms. The van der Waals surface area contributed by atoms with Crippen LogP contribution in [0.1, 0.15) is 0 Å². The van der Waals surface area contributed by atoms with E-state index in [1.165, 1.54) is 132 Å². The Morgan fingerprint density at radius 2 is 0.596 bits per heavy atom. The quantitative estimate of drug-likeness (QED) is 0.161. The minimum absolute atomic E-state index is 0.616. The van der Waals surface area contributed by atoms with Gasteiger partial charge in [-0.3, -0.25) is 9.13 Å². The maximum Gasteiger partial charge on any atom is 0.236 e. The first kappa shape index (κ1) is 60.3. The molecule has 0 fully saturated rings. The standard InChI is InChI=1S/C52H29N3OS.C48H27N3S/c1-2-14-30(15-3-1)31-26-28-32(29-27-31)47-50-48(38-21-9-12-24-41(38)56-50)54-52(53-47)55-40-23-11-8-20-37(40)45-43-35-18-6-4-16-33(35)34-17-5-7-19-36(34)44(43)46-39-22-10-13-25-42(39)57-51(46)49(45)55;1-2-15-29(16-3-1)44-37-27-26-28-14-4-5-17-30(28)45(37)50-48(49-44)51-38-24-12-10-22-35(38)42-40-33-20-8-6-18-31(33)32-19-7-9-21-34(32)41(40)43-36-23-11-13-25-39(36)52-47(43)46(42)51/h1-29H;1-27H. The number of thiophene rings is 2. The number of furan rings is 1. The monoisotopic (exact) mass is 1420 g/mol. The lowest BCUT2D eigenvalue weighted by Crippen LogP contribution is -2.04. The molecule has 0 aliphatic carbocycles. The number of nitrogens with zero attached hydrogens (tertiary/aromatic N) is 6. The Labute approximate surface area is 629 Å². The lowest BCUT2D eigenvalue weighted by Gasteiger charge is -2.15. The van der Waals surface area contributed by atoms with Gasteiger partial charge in [0.1, 0.15) is 16.8 Å². The van der Waals surface area contributed by atoms with Crippen LogP contribution in [0.2, 0.25) is 0 Å². The molecule has 504 valence electrons. The molecular weight excluding hydrogens is 1370 g/mol. The van der Waals surface area contributed by atoms with E-state index in [1.54, 1.807) is 0 Å². The third-order valence-corrected chi connectivity index (χ3v) is 25.1. The van der Waals surface area contributed by atoms with Crippen LogP contribution in [0, 0.1) is 0 Å². The maximum atomic E-state index is 6.62. The van der Waals surface area contributed by atoms with Gasteiger partial charge in [-0.25, -0.2) is 19.9 Å². The van der Waals surface area contributed by atoms with Gasteiger partial charge in [-0.15, -0.1) is 22.7 Å². The third kappa shape index (κ3) is 8.67. The lowest BCUT2D eigenvalue weighted by molar-refractivity contribution is 0.666. The fraction of sp³-hybridized carbons (Fsp3) is 0. The molecular formula is C100H56N6OS2. The summed E-state index contributed by atoms with van der Waals surface area (Å²) in [4.78, 5) is 22.1. The van der Waals surface area contributed by atoms with Crippen LogP contribution >= 0.6 is 22.7 Å². The van der Waals surface area contributed by atoms with Crippen molar-refractivity contribution in [2.45, 2.75) is 0 Å². The van der Waals surface area contributed by atoms with Gasteiger partial charge in [0, 0.05) is 101 Å². The molecule has 0 saturated heterocycles. The van der Waals surface area contributed by atoms with Crippen LogP contribution < -0.4 is 0 Å². The minimum atomic E-state index is 0.616. The molecule has 7 aromatic heterocycles. The van der Waals surface area contributed by atoms with Crippen LogP contribution in [0.4, 0.5) is 0 Å². The highest BCUT2D eigenvalue weighted by Gasteiger charge is 2.30. The molecule has 25 rings (SSSR count). The summed E-state index contributed by atoms with van der Waals surface area (Å²) in [5.41, 5.74) is 13.7. The maximum absolute atomic E-state index is 6.62. The van der Waals surface area contributed by atoms with Gasteiger partial charge in [-0.2, -0.15) is 0 Å². The van der Waals surface area contributed by atoms with Crippen molar-refractivity contribution < 1.29 is 4.42 Å². The molecule has 0 amide bonds. The number of fused-ring (bicyclic) bond motifs is 36. The van der Waals surface area contributed by atoms with Gasteiger partial charge in [0.25, 0.3) is 0 Å². The average molecular weight is 1420 g/mol. The molecule has 0 atom stereocenters. The molecule has 0 bridgehead atoms. The van der Waals surface area contributed by atoms with Crippen molar-refractivity contribution in [3.05, 3.63) is 340 Å². The SMILES string of the molecule is c1ccc(-c2ccc(-c3nc(-n4c5ccccc5c5c6c7ccccc7c7ccccc7c6c6c7ccccc7sc6c54)nc4c3oc3ccccc34)cc2)cc1.c1ccc(-c2nc(-n3c4ccccc4c4c5c6ccccc6c6ccccc6c5c5c6ccccc6sc5c43)nc3c2ccc2ccccc23)cc1. The number of aromatic nitrogens is 6. The minimum Gasteiger partial charge on any atom is -0.452 e. The molecule has 0 unspecified atom stereocenters. The van der Waals surface area contributed by atoms with Gasteiger partial charge in [-0.1, -0.05) is 297 Å². The van der Waals surface area contributed by atoms with Crippen LogP contribution in [0.25, 0.3) is 238 Å². The van der Waals surface area contributed by atoms with Crippen LogP contribution in [0.3, 0.4) is 0 Å². The summed E-state index contributed by atoms with van der Waals surface area (Å²) < 4.78 is 16.3. The molecule has 0 spiro atoms. The van der Waals surface area contributed by atoms with Crippen molar-refractivity contribution in [3.63, 3.8) is 0 Å². The Morgan fingerprint density at radius 3 is 1.12 bits per heavy atom. The number of rotatable bonds is 5. The van der Waals surface area contributed by atoms with Gasteiger partial charge >= 0.3 is 0 Å². The molecule has 0 radical (unpaired) electrons. The summed E-state index contributed by atoms with van der Waals surface area (Å²) in [7, 11) is 0. The van der Waals surface area contributed by atoms with Crippen molar-refractivity contribution in [2.24, 2.45) is 0 Å². The van der Waals surface area contributed by atoms with Crippen LogP contribution in [-0.4, -0.2) is 29.1 Å². The predicted molar refractivity (Wildman–Crippen MR) is 462 cm³/mol. The molecule has 0 saturated carbocycles. The second-order valence-electron chi connectivity index (χ2n) is 28.5. The van der Waals surface area contributed by atoms with Gasteiger partial charge < -0.3 is 4.42 Å². The number of hydrogen-bond donors (Lipinski definition) is 0. The van der Waals surface area contributed by atoms with Crippen molar-refractivity contribution >= 4 is 215 Å². The van der Waals surface area contributed by atoms with E-state index in [-0.39, 0.29) is 0 Å². The van der Waals surface area contributed by atoms with E-state index in [4.69, 9.17) is 24.4 Å². The zero-order chi connectivity index (χ0) is 71.1. The molecule has 25 aromatic rings. The first-order chi connectivity index (χ1) is 54.1. The fourth-order valence-electron chi connectivity index (χ4n) is 18.2. The molecule has 7 heterocycles. The Bertz CT molecular complexity index is 8240.